The van der Waals surface area contributed by atoms with E-state index in [2.05, 4.69) is 10.6 Å². The van der Waals surface area contributed by atoms with Gasteiger partial charge in [0, 0.05) is 6.54 Å². The molecule has 5 heteroatoms. The van der Waals surface area contributed by atoms with E-state index in [0.717, 1.165) is 25.9 Å². The Morgan fingerprint density at radius 3 is 3.05 bits per heavy atom. The van der Waals surface area contributed by atoms with Crippen molar-refractivity contribution in [3.8, 4) is 11.5 Å². The third kappa shape index (κ3) is 2.66. The fraction of sp³-hybridized carbons (Fsp3) is 0.500. The second-order valence-corrected chi connectivity index (χ2v) is 4.86. The summed E-state index contributed by atoms with van der Waals surface area (Å²) in [6.45, 7) is 2.82. The number of nitrogens with one attached hydrogen (secondary N) is 2. The molecule has 2 aliphatic heterocycles. The molecule has 19 heavy (non-hydrogen) atoms. The molecule has 2 heterocycles. The first-order valence-electron chi connectivity index (χ1n) is 6.75. The normalized spacial score (nSPS) is 21.8. The zero-order valence-corrected chi connectivity index (χ0v) is 10.8. The predicted octanol–water partition coefficient (Wildman–Crippen LogP) is 1.40. The Hall–Kier alpha value is -1.75. The molecule has 0 saturated carbocycles. The topological polar surface area (TPSA) is 59.6 Å². The Morgan fingerprint density at radius 1 is 1.32 bits per heavy atom. The number of rotatable bonds is 2. The molecule has 2 N–H and O–H groups in total. The fourth-order valence-corrected chi connectivity index (χ4v) is 2.48. The maximum atomic E-state index is 12.2. The van der Waals surface area contributed by atoms with Crippen LogP contribution >= 0.6 is 0 Å². The molecule has 1 atom stereocenters. The van der Waals surface area contributed by atoms with Crippen molar-refractivity contribution in [2.24, 2.45) is 5.92 Å². The van der Waals surface area contributed by atoms with Crippen molar-refractivity contribution in [1.82, 2.24) is 5.32 Å². The van der Waals surface area contributed by atoms with E-state index >= 15 is 0 Å². The molecule has 1 aromatic rings. The molecular formula is C14H18N2O3. The van der Waals surface area contributed by atoms with Crippen molar-refractivity contribution in [3.63, 3.8) is 0 Å². The van der Waals surface area contributed by atoms with Crippen molar-refractivity contribution in [2.45, 2.75) is 12.8 Å². The van der Waals surface area contributed by atoms with Crippen molar-refractivity contribution < 1.29 is 14.3 Å². The van der Waals surface area contributed by atoms with Crippen LogP contribution in [0.4, 0.5) is 5.69 Å². The van der Waals surface area contributed by atoms with Crippen molar-refractivity contribution >= 4 is 11.6 Å². The quantitative estimate of drug-likeness (QED) is 0.845. The Labute approximate surface area is 112 Å². The lowest BCUT2D eigenvalue weighted by Gasteiger charge is -2.24. The van der Waals surface area contributed by atoms with Crippen LogP contribution in [0.5, 0.6) is 11.5 Å². The number of amides is 1. The van der Waals surface area contributed by atoms with E-state index < -0.39 is 0 Å². The van der Waals surface area contributed by atoms with Crippen molar-refractivity contribution in [3.05, 3.63) is 18.2 Å². The number of piperidine rings is 1. The van der Waals surface area contributed by atoms with Gasteiger partial charge in [0.25, 0.3) is 0 Å². The molecule has 0 aromatic heterocycles. The molecule has 1 fully saturated rings. The van der Waals surface area contributed by atoms with E-state index in [1.807, 2.05) is 18.2 Å². The lowest BCUT2D eigenvalue weighted by molar-refractivity contribution is -0.120. The molecule has 0 aliphatic carbocycles. The summed E-state index contributed by atoms with van der Waals surface area (Å²) in [5.74, 6) is 1.43. The van der Waals surface area contributed by atoms with Crippen LogP contribution in [-0.4, -0.2) is 32.2 Å². The number of fused-ring (bicyclic) bond motifs is 1. The van der Waals surface area contributed by atoms with Crippen LogP contribution in [0.3, 0.4) is 0 Å². The number of para-hydroxylation sites is 1. The monoisotopic (exact) mass is 262 g/mol. The molecule has 1 amide bonds. The van der Waals surface area contributed by atoms with Crippen LogP contribution in [0.1, 0.15) is 12.8 Å². The standard InChI is InChI=1S/C14H18N2O3/c17-14(10-3-2-6-15-9-10)16-11-4-1-5-12-13(11)19-8-7-18-12/h1,4-5,10,15H,2-3,6-9H2,(H,16,17). The average Bonchev–Trinajstić information content (AvgIpc) is 2.48. The summed E-state index contributed by atoms with van der Waals surface area (Å²) in [7, 11) is 0. The van der Waals surface area contributed by atoms with Crippen LogP contribution in [0.2, 0.25) is 0 Å². The number of anilines is 1. The molecule has 0 bridgehead atoms. The van der Waals surface area contributed by atoms with Gasteiger partial charge in [-0.1, -0.05) is 6.07 Å². The van der Waals surface area contributed by atoms with Gasteiger partial charge in [0.05, 0.1) is 11.6 Å². The summed E-state index contributed by atoms with van der Waals surface area (Å²) in [6.07, 6.45) is 1.98. The van der Waals surface area contributed by atoms with Gasteiger partial charge in [0.2, 0.25) is 5.91 Å². The van der Waals surface area contributed by atoms with Crippen LogP contribution in [0.15, 0.2) is 18.2 Å². The molecule has 5 nitrogen and oxygen atoms in total. The zero-order chi connectivity index (χ0) is 13.1. The largest absolute Gasteiger partial charge is 0.486 e. The minimum Gasteiger partial charge on any atom is -0.486 e. The molecular weight excluding hydrogens is 244 g/mol. The Morgan fingerprint density at radius 2 is 2.21 bits per heavy atom. The third-order valence-corrected chi connectivity index (χ3v) is 3.49. The van der Waals surface area contributed by atoms with Crippen LogP contribution in [-0.2, 0) is 4.79 Å². The maximum absolute atomic E-state index is 12.2. The van der Waals surface area contributed by atoms with E-state index in [-0.39, 0.29) is 11.8 Å². The van der Waals surface area contributed by atoms with E-state index in [1.54, 1.807) is 0 Å². The van der Waals surface area contributed by atoms with Crippen LogP contribution < -0.4 is 20.1 Å². The Kier molecular flexibility index (Phi) is 3.55. The highest BCUT2D eigenvalue weighted by molar-refractivity contribution is 5.94. The summed E-state index contributed by atoms with van der Waals surface area (Å²) in [6, 6.07) is 5.57. The third-order valence-electron chi connectivity index (χ3n) is 3.49. The van der Waals surface area contributed by atoms with E-state index in [1.165, 1.54) is 0 Å². The first-order valence-corrected chi connectivity index (χ1v) is 6.75. The molecule has 0 spiro atoms. The van der Waals surface area contributed by atoms with Gasteiger partial charge in [-0.25, -0.2) is 0 Å². The summed E-state index contributed by atoms with van der Waals surface area (Å²) >= 11 is 0. The molecule has 1 saturated heterocycles. The maximum Gasteiger partial charge on any atom is 0.228 e. The molecule has 102 valence electrons. The van der Waals surface area contributed by atoms with Gasteiger partial charge in [-0.05, 0) is 31.5 Å². The van der Waals surface area contributed by atoms with Gasteiger partial charge in [0.1, 0.15) is 13.2 Å². The zero-order valence-electron chi connectivity index (χ0n) is 10.8. The second-order valence-electron chi connectivity index (χ2n) is 4.86. The lowest BCUT2D eigenvalue weighted by Crippen LogP contribution is -2.37. The van der Waals surface area contributed by atoms with Crippen molar-refractivity contribution in [2.75, 3.05) is 31.6 Å². The highest BCUT2D eigenvalue weighted by Crippen LogP contribution is 2.37. The van der Waals surface area contributed by atoms with Gasteiger partial charge in [-0.2, -0.15) is 0 Å². The molecule has 1 unspecified atom stereocenters. The summed E-state index contributed by atoms with van der Waals surface area (Å²) in [5.41, 5.74) is 0.702. The molecule has 1 aromatic carbocycles. The highest BCUT2D eigenvalue weighted by atomic mass is 16.6. The lowest BCUT2D eigenvalue weighted by atomic mass is 9.99. The van der Waals surface area contributed by atoms with E-state index in [4.69, 9.17) is 9.47 Å². The second kappa shape index (κ2) is 5.48. The fourth-order valence-electron chi connectivity index (χ4n) is 2.48. The average molecular weight is 262 g/mol. The first kappa shape index (κ1) is 12.3. The van der Waals surface area contributed by atoms with Crippen molar-refractivity contribution in [1.29, 1.82) is 0 Å². The van der Waals surface area contributed by atoms with Gasteiger partial charge < -0.3 is 20.1 Å². The van der Waals surface area contributed by atoms with Gasteiger partial charge in [0.15, 0.2) is 11.5 Å². The highest BCUT2D eigenvalue weighted by Gasteiger charge is 2.23. The number of ether oxygens (including phenoxy) is 2. The number of hydrogen-bond donors (Lipinski definition) is 2. The molecule has 0 radical (unpaired) electrons. The number of hydrogen-bond acceptors (Lipinski definition) is 4. The summed E-state index contributed by atoms with van der Waals surface area (Å²) in [4.78, 5) is 12.2. The van der Waals surface area contributed by atoms with Gasteiger partial charge >= 0.3 is 0 Å². The molecule has 2 aliphatic rings. The first-order chi connectivity index (χ1) is 9.34. The minimum atomic E-state index is 0.0362. The number of carbonyl (C=O) groups is 1. The van der Waals surface area contributed by atoms with E-state index in [9.17, 15) is 4.79 Å². The van der Waals surface area contributed by atoms with E-state index in [0.29, 0.717) is 30.4 Å². The van der Waals surface area contributed by atoms with Gasteiger partial charge in [-0.3, -0.25) is 4.79 Å². The molecule has 3 rings (SSSR count). The van der Waals surface area contributed by atoms with Crippen LogP contribution in [0, 0.1) is 5.92 Å². The van der Waals surface area contributed by atoms with Crippen LogP contribution in [0.25, 0.3) is 0 Å². The number of carbonyl (C=O) groups excluding carboxylic acids is 1. The smallest absolute Gasteiger partial charge is 0.228 e. The Balaban J connectivity index is 1.74. The SMILES string of the molecule is O=C(Nc1cccc2c1OCCO2)C1CCCNC1. The number of benzene rings is 1. The Bertz CT molecular complexity index is 470. The summed E-state index contributed by atoms with van der Waals surface area (Å²) in [5, 5.41) is 6.20. The summed E-state index contributed by atoms with van der Waals surface area (Å²) < 4.78 is 11.1. The van der Waals surface area contributed by atoms with Gasteiger partial charge in [-0.15, -0.1) is 0 Å². The minimum absolute atomic E-state index is 0.0362. The predicted molar refractivity (Wildman–Crippen MR) is 71.7 cm³/mol.